The van der Waals surface area contributed by atoms with Crippen molar-refractivity contribution in [2.75, 3.05) is 27.9 Å². The Labute approximate surface area is 159 Å². The SMILES string of the molecule is COc1cc(CCNS(=O)(=O)c2ccc(Cl)c(C)c2)cc(OC)c1OC. The Morgan fingerprint density at radius 2 is 1.62 bits per heavy atom. The van der Waals surface area contributed by atoms with Crippen LogP contribution < -0.4 is 18.9 Å². The topological polar surface area (TPSA) is 73.9 Å². The van der Waals surface area contributed by atoms with E-state index < -0.39 is 10.0 Å². The summed E-state index contributed by atoms with van der Waals surface area (Å²) < 4.78 is 43.3. The molecule has 0 amide bonds. The van der Waals surface area contributed by atoms with Crippen molar-refractivity contribution in [3.05, 3.63) is 46.5 Å². The third kappa shape index (κ3) is 4.60. The first-order valence-electron chi connectivity index (χ1n) is 7.87. The highest BCUT2D eigenvalue weighted by Crippen LogP contribution is 2.38. The van der Waals surface area contributed by atoms with Gasteiger partial charge >= 0.3 is 0 Å². The summed E-state index contributed by atoms with van der Waals surface area (Å²) >= 11 is 5.95. The van der Waals surface area contributed by atoms with Gasteiger partial charge in [0.25, 0.3) is 0 Å². The van der Waals surface area contributed by atoms with Crippen molar-refractivity contribution in [2.45, 2.75) is 18.2 Å². The summed E-state index contributed by atoms with van der Waals surface area (Å²) in [6, 6.07) is 8.19. The van der Waals surface area contributed by atoms with Crippen LogP contribution in [0.3, 0.4) is 0 Å². The minimum absolute atomic E-state index is 0.185. The molecule has 0 spiro atoms. The first-order chi connectivity index (χ1) is 12.3. The molecule has 0 bridgehead atoms. The van der Waals surface area contributed by atoms with E-state index in [1.165, 1.54) is 27.4 Å². The van der Waals surface area contributed by atoms with Crippen molar-refractivity contribution in [1.29, 1.82) is 0 Å². The average molecular weight is 400 g/mol. The van der Waals surface area contributed by atoms with Gasteiger partial charge in [-0.2, -0.15) is 0 Å². The zero-order valence-electron chi connectivity index (χ0n) is 15.1. The van der Waals surface area contributed by atoms with Crippen molar-refractivity contribution < 1.29 is 22.6 Å². The number of rotatable bonds is 8. The Morgan fingerprint density at radius 1 is 1.00 bits per heavy atom. The van der Waals surface area contributed by atoms with Gasteiger partial charge in [-0.15, -0.1) is 0 Å². The first kappa shape index (κ1) is 20.4. The molecule has 0 unspecified atom stereocenters. The van der Waals surface area contributed by atoms with Gasteiger partial charge in [0.2, 0.25) is 15.8 Å². The maximum Gasteiger partial charge on any atom is 0.240 e. The van der Waals surface area contributed by atoms with E-state index in [9.17, 15) is 8.42 Å². The van der Waals surface area contributed by atoms with E-state index in [0.717, 1.165) is 5.56 Å². The molecule has 0 atom stereocenters. The van der Waals surface area contributed by atoms with Crippen LogP contribution in [0.15, 0.2) is 35.2 Å². The van der Waals surface area contributed by atoms with Crippen LogP contribution in [0.25, 0.3) is 0 Å². The predicted molar refractivity (Wildman–Crippen MR) is 101 cm³/mol. The highest BCUT2D eigenvalue weighted by molar-refractivity contribution is 7.89. The smallest absolute Gasteiger partial charge is 0.240 e. The van der Waals surface area contributed by atoms with Gasteiger partial charge in [-0.25, -0.2) is 13.1 Å². The largest absolute Gasteiger partial charge is 0.493 e. The monoisotopic (exact) mass is 399 g/mol. The molecule has 0 aliphatic heterocycles. The molecule has 6 nitrogen and oxygen atoms in total. The second-order valence-electron chi connectivity index (χ2n) is 5.59. The van der Waals surface area contributed by atoms with Crippen molar-refractivity contribution in [2.24, 2.45) is 0 Å². The van der Waals surface area contributed by atoms with Gasteiger partial charge in [-0.3, -0.25) is 0 Å². The maximum absolute atomic E-state index is 12.4. The van der Waals surface area contributed by atoms with Crippen LogP contribution in [0.1, 0.15) is 11.1 Å². The zero-order valence-corrected chi connectivity index (χ0v) is 16.7. The van der Waals surface area contributed by atoms with Crippen LogP contribution in [0.4, 0.5) is 0 Å². The predicted octanol–water partition coefficient (Wildman–Crippen LogP) is 3.20. The van der Waals surface area contributed by atoms with Crippen LogP contribution in [-0.2, 0) is 16.4 Å². The van der Waals surface area contributed by atoms with E-state index in [-0.39, 0.29) is 11.4 Å². The fraction of sp³-hybridized carbons (Fsp3) is 0.333. The van der Waals surface area contributed by atoms with E-state index in [4.69, 9.17) is 25.8 Å². The lowest BCUT2D eigenvalue weighted by atomic mass is 10.1. The number of hydrogen-bond donors (Lipinski definition) is 1. The third-order valence-electron chi connectivity index (χ3n) is 3.87. The third-order valence-corrected chi connectivity index (χ3v) is 5.75. The lowest BCUT2D eigenvalue weighted by Crippen LogP contribution is -2.26. The van der Waals surface area contributed by atoms with Crippen LogP contribution in [0.2, 0.25) is 5.02 Å². The number of methoxy groups -OCH3 is 3. The quantitative estimate of drug-likeness (QED) is 0.737. The molecule has 142 valence electrons. The van der Waals surface area contributed by atoms with Crippen molar-refractivity contribution in [1.82, 2.24) is 4.72 Å². The van der Waals surface area contributed by atoms with E-state index in [1.54, 1.807) is 31.2 Å². The van der Waals surface area contributed by atoms with Gasteiger partial charge in [-0.05, 0) is 54.8 Å². The molecule has 26 heavy (non-hydrogen) atoms. The number of sulfonamides is 1. The van der Waals surface area contributed by atoms with Crippen molar-refractivity contribution in [3.8, 4) is 17.2 Å². The molecule has 1 N–H and O–H groups in total. The van der Waals surface area contributed by atoms with Crippen LogP contribution in [0, 0.1) is 6.92 Å². The highest BCUT2D eigenvalue weighted by Gasteiger charge is 2.16. The molecule has 2 aromatic rings. The van der Waals surface area contributed by atoms with Gasteiger partial charge in [0.15, 0.2) is 11.5 Å². The normalized spacial score (nSPS) is 11.3. The molecular formula is C18H22ClNO5S. The molecule has 0 aromatic heterocycles. The summed E-state index contributed by atoms with van der Waals surface area (Å²) in [4.78, 5) is 0.185. The second-order valence-corrected chi connectivity index (χ2v) is 7.77. The van der Waals surface area contributed by atoms with Crippen molar-refractivity contribution in [3.63, 3.8) is 0 Å². The summed E-state index contributed by atoms with van der Waals surface area (Å²) in [6.07, 6.45) is 0.461. The molecule has 0 fully saturated rings. The molecule has 0 radical (unpaired) electrons. The molecule has 0 aliphatic carbocycles. The highest BCUT2D eigenvalue weighted by atomic mass is 35.5. The van der Waals surface area contributed by atoms with E-state index >= 15 is 0 Å². The molecule has 0 aliphatic rings. The number of halogens is 1. The Bertz CT molecular complexity index is 858. The van der Waals surface area contributed by atoms with E-state index in [2.05, 4.69) is 4.72 Å². The number of hydrogen-bond acceptors (Lipinski definition) is 5. The summed E-state index contributed by atoms with van der Waals surface area (Å²) in [5.74, 6) is 1.55. The molecule has 0 saturated heterocycles. The standard InChI is InChI=1S/C18H22ClNO5S/c1-12-9-14(5-6-15(12)19)26(21,22)20-8-7-13-10-16(23-2)18(25-4)17(11-13)24-3/h5-6,9-11,20H,7-8H2,1-4H3. The fourth-order valence-electron chi connectivity index (χ4n) is 2.48. The number of benzene rings is 2. The summed E-state index contributed by atoms with van der Waals surface area (Å²) in [5.41, 5.74) is 1.56. The lowest BCUT2D eigenvalue weighted by molar-refractivity contribution is 0.324. The summed E-state index contributed by atoms with van der Waals surface area (Å²) in [6.45, 7) is 1.99. The first-order valence-corrected chi connectivity index (χ1v) is 9.73. The van der Waals surface area contributed by atoms with Crippen LogP contribution >= 0.6 is 11.6 Å². The van der Waals surface area contributed by atoms with Gasteiger partial charge in [-0.1, -0.05) is 11.6 Å². The molecule has 0 heterocycles. The maximum atomic E-state index is 12.4. The van der Waals surface area contributed by atoms with Gasteiger partial charge in [0.1, 0.15) is 0 Å². The molecule has 8 heteroatoms. The minimum Gasteiger partial charge on any atom is -0.493 e. The number of aryl methyl sites for hydroxylation is 1. The summed E-state index contributed by atoms with van der Waals surface area (Å²) in [5, 5.41) is 0.529. The average Bonchev–Trinajstić information content (AvgIpc) is 2.62. The fourth-order valence-corrected chi connectivity index (χ4v) is 3.71. The molecule has 2 rings (SSSR count). The number of nitrogens with one attached hydrogen (secondary N) is 1. The molecule has 2 aromatic carbocycles. The summed E-state index contributed by atoms with van der Waals surface area (Å²) in [7, 11) is 0.989. The van der Waals surface area contributed by atoms with Gasteiger partial charge in [0.05, 0.1) is 26.2 Å². The Morgan fingerprint density at radius 3 is 2.12 bits per heavy atom. The van der Waals surface area contributed by atoms with Gasteiger partial charge < -0.3 is 14.2 Å². The lowest BCUT2D eigenvalue weighted by Gasteiger charge is -2.14. The Balaban J connectivity index is 2.12. The van der Waals surface area contributed by atoms with Gasteiger partial charge in [0, 0.05) is 11.6 Å². The second kappa shape index (κ2) is 8.62. The minimum atomic E-state index is -3.61. The number of ether oxygens (including phenoxy) is 3. The van der Waals surface area contributed by atoms with Crippen molar-refractivity contribution >= 4 is 21.6 Å². The molecular weight excluding hydrogens is 378 g/mol. The van der Waals surface area contributed by atoms with Crippen LogP contribution in [0.5, 0.6) is 17.2 Å². The van der Waals surface area contributed by atoms with E-state index in [0.29, 0.717) is 34.3 Å². The molecule has 0 saturated carbocycles. The Hall–Kier alpha value is -1.96. The van der Waals surface area contributed by atoms with Crippen LogP contribution in [-0.4, -0.2) is 36.3 Å². The Kier molecular flexibility index (Phi) is 6.75. The van der Waals surface area contributed by atoms with E-state index in [1.807, 2.05) is 0 Å². The zero-order chi connectivity index (χ0) is 19.3.